The fraction of sp³-hybridized carbons (Fsp3) is 0.333. The fourth-order valence-corrected chi connectivity index (χ4v) is 2.28. The molecule has 1 aliphatic rings. The van der Waals surface area contributed by atoms with Gasteiger partial charge in [-0.15, -0.1) is 0 Å². The number of nitrogens with zero attached hydrogens (tertiary/aromatic N) is 1. The Balaban J connectivity index is 2.57. The van der Waals surface area contributed by atoms with Gasteiger partial charge in [0, 0.05) is 18.2 Å². The topological polar surface area (TPSA) is 47.9 Å². The standard InChI is InChI=1S/C15H17NO3/c1-10-7-11(8-12(9-17)15(10)19-3)14-13(18-2)5-4-6-16-14/h6-9H,4-5H2,1-3H3. The van der Waals surface area contributed by atoms with Crippen LogP contribution in [0.5, 0.6) is 5.75 Å². The number of rotatable bonds is 4. The van der Waals surface area contributed by atoms with Gasteiger partial charge in [0.05, 0.1) is 19.8 Å². The number of benzene rings is 1. The quantitative estimate of drug-likeness (QED) is 0.781. The lowest BCUT2D eigenvalue weighted by molar-refractivity contribution is 0.112. The Labute approximate surface area is 112 Å². The monoisotopic (exact) mass is 259 g/mol. The first-order chi connectivity index (χ1) is 9.21. The Kier molecular flexibility index (Phi) is 4.00. The minimum atomic E-state index is 0.529. The van der Waals surface area contributed by atoms with Gasteiger partial charge >= 0.3 is 0 Å². The van der Waals surface area contributed by atoms with Crippen molar-refractivity contribution in [3.63, 3.8) is 0 Å². The lowest BCUT2D eigenvalue weighted by Gasteiger charge is -2.16. The third-order valence-corrected chi connectivity index (χ3v) is 3.14. The summed E-state index contributed by atoms with van der Waals surface area (Å²) in [5, 5.41) is 0. The molecule has 0 unspecified atom stereocenters. The number of hydrogen-bond acceptors (Lipinski definition) is 4. The highest BCUT2D eigenvalue weighted by molar-refractivity contribution is 5.85. The number of methoxy groups -OCH3 is 2. The van der Waals surface area contributed by atoms with Crippen molar-refractivity contribution in [1.29, 1.82) is 0 Å². The molecule has 1 aromatic rings. The Morgan fingerprint density at radius 1 is 1.26 bits per heavy atom. The molecule has 0 atom stereocenters. The number of allylic oxidation sites excluding steroid dienone is 1. The Morgan fingerprint density at radius 3 is 2.68 bits per heavy atom. The predicted octanol–water partition coefficient (Wildman–Crippen LogP) is 3.00. The lowest BCUT2D eigenvalue weighted by atomic mass is 10.0. The van der Waals surface area contributed by atoms with E-state index in [1.54, 1.807) is 20.3 Å². The fourth-order valence-electron chi connectivity index (χ4n) is 2.28. The number of ether oxygens (including phenoxy) is 2. The van der Waals surface area contributed by atoms with Crippen LogP contribution in [0.2, 0.25) is 0 Å². The van der Waals surface area contributed by atoms with Crippen molar-refractivity contribution in [3.05, 3.63) is 34.6 Å². The maximum absolute atomic E-state index is 11.2. The molecule has 4 nitrogen and oxygen atoms in total. The van der Waals surface area contributed by atoms with Gasteiger partial charge in [-0.25, -0.2) is 0 Å². The van der Waals surface area contributed by atoms with Crippen LogP contribution in [0.15, 0.2) is 22.9 Å². The molecule has 4 heteroatoms. The summed E-state index contributed by atoms with van der Waals surface area (Å²) in [7, 11) is 3.21. The third kappa shape index (κ3) is 2.52. The molecule has 100 valence electrons. The molecule has 0 saturated heterocycles. The van der Waals surface area contributed by atoms with E-state index in [1.165, 1.54) is 0 Å². The zero-order valence-electron chi connectivity index (χ0n) is 11.4. The van der Waals surface area contributed by atoms with Crippen LogP contribution < -0.4 is 4.74 Å². The number of aryl methyl sites for hydroxylation is 1. The molecule has 0 spiro atoms. The summed E-state index contributed by atoms with van der Waals surface area (Å²) in [6.45, 7) is 1.91. The third-order valence-electron chi connectivity index (χ3n) is 3.14. The van der Waals surface area contributed by atoms with E-state index >= 15 is 0 Å². The van der Waals surface area contributed by atoms with Crippen LogP contribution in [0.1, 0.15) is 34.3 Å². The minimum Gasteiger partial charge on any atom is -0.499 e. The molecule has 0 aromatic heterocycles. The summed E-state index contributed by atoms with van der Waals surface area (Å²) in [6.07, 6.45) is 4.38. The van der Waals surface area contributed by atoms with Crippen LogP contribution in [0, 0.1) is 6.92 Å². The highest BCUT2D eigenvalue weighted by Crippen LogP contribution is 2.31. The number of hydrogen-bond donors (Lipinski definition) is 0. The van der Waals surface area contributed by atoms with E-state index in [-0.39, 0.29) is 0 Å². The molecule has 0 aliphatic carbocycles. The van der Waals surface area contributed by atoms with Gasteiger partial charge in [-0.05, 0) is 31.0 Å². The van der Waals surface area contributed by atoms with E-state index in [9.17, 15) is 4.79 Å². The summed E-state index contributed by atoms with van der Waals surface area (Å²) in [5.41, 5.74) is 3.11. The van der Waals surface area contributed by atoms with Gasteiger partial charge in [-0.1, -0.05) is 0 Å². The van der Waals surface area contributed by atoms with Crippen molar-refractivity contribution in [1.82, 2.24) is 0 Å². The largest absolute Gasteiger partial charge is 0.499 e. The van der Waals surface area contributed by atoms with E-state index in [2.05, 4.69) is 4.99 Å². The first kappa shape index (κ1) is 13.3. The Bertz CT molecular complexity index is 559. The van der Waals surface area contributed by atoms with E-state index in [0.717, 1.165) is 41.7 Å². The normalized spacial score (nSPS) is 14.5. The smallest absolute Gasteiger partial charge is 0.153 e. The predicted molar refractivity (Wildman–Crippen MR) is 74.8 cm³/mol. The van der Waals surface area contributed by atoms with Gasteiger partial charge in [0.2, 0.25) is 0 Å². The molecule has 0 radical (unpaired) electrons. The second kappa shape index (κ2) is 5.69. The Morgan fingerprint density at radius 2 is 2.05 bits per heavy atom. The molecule has 0 amide bonds. The van der Waals surface area contributed by atoms with Gasteiger partial charge in [-0.2, -0.15) is 0 Å². The molecule has 1 heterocycles. The molecule has 1 aromatic carbocycles. The molecule has 0 saturated carbocycles. The molecule has 1 aliphatic heterocycles. The molecular formula is C15H17NO3. The molecule has 19 heavy (non-hydrogen) atoms. The van der Waals surface area contributed by atoms with Crippen molar-refractivity contribution >= 4 is 18.2 Å². The molecule has 0 fully saturated rings. The van der Waals surface area contributed by atoms with Crippen molar-refractivity contribution in [3.8, 4) is 5.75 Å². The number of carbonyl (C=O) groups is 1. The summed E-state index contributed by atoms with van der Waals surface area (Å²) in [4.78, 5) is 15.6. The van der Waals surface area contributed by atoms with Crippen LogP contribution in [-0.2, 0) is 4.74 Å². The summed E-state index contributed by atoms with van der Waals surface area (Å²) in [5.74, 6) is 1.46. The van der Waals surface area contributed by atoms with Crippen molar-refractivity contribution in [2.75, 3.05) is 14.2 Å². The van der Waals surface area contributed by atoms with Crippen molar-refractivity contribution < 1.29 is 14.3 Å². The minimum absolute atomic E-state index is 0.529. The lowest BCUT2D eigenvalue weighted by Crippen LogP contribution is -2.02. The van der Waals surface area contributed by atoms with E-state index in [0.29, 0.717) is 11.3 Å². The average Bonchev–Trinajstić information content (AvgIpc) is 2.46. The van der Waals surface area contributed by atoms with Crippen LogP contribution in [0.4, 0.5) is 0 Å². The molecule has 2 rings (SSSR count). The summed E-state index contributed by atoms with van der Waals surface area (Å²) in [6, 6.07) is 3.75. The van der Waals surface area contributed by atoms with Crippen LogP contribution in [0.25, 0.3) is 5.70 Å². The highest BCUT2D eigenvalue weighted by atomic mass is 16.5. The summed E-state index contributed by atoms with van der Waals surface area (Å²) >= 11 is 0. The van der Waals surface area contributed by atoms with Crippen molar-refractivity contribution in [2.24, 2.45) is 4.99 Å². The van der Waals surface area contributed by atoms with Gasteiger partial charge in [0.1, 0.15) is 17.2 Å². The second-order valence-electron chi connectivity index (χ2n) is 4.36. The second-order valence-corrected chi connectivity index (χ2v) is 4.36. The van der Waals surface area contributed by atoms with Gasteiger partial charge in [0.25, 0.3) is 0 Å². The number of aldehydes is 1. The van der Waals surface area contributed by atoms with Crippen LogP contribution in [-0.4, -0.2) is 26.7 Å². The SMILES string of the molecule is COC1=C(c2cc(C)c(OC)c(C=O)c2)N=CCC1. The highest BCUT2D eigenvalue weighted by Gasteiger charge is 2.16. The van der Waals surface area contributed by atoms with Gasteiger partial charge < -0.3 is 9.47 Å². The van der Waals surface area contributed by atoms with E-state index in [4.69, 9.17) is 9.47 Å². The number of carbonyl (C=O) groups excluding carboxylic acids is 1. The Hall–Kier alpha value is -2.10. The summed E-state index contributed by atoms with van der Waals surface area (Å²) < 4.78 is 10.6. The maximum Gasteiger partial charge on any atom is 0.153 e. The molecule has 0 N–H and O–H groups in total. The van der Waals surface area contributed by atoms with Crippen molar-refractivity contribution in [2.45, 2.75) is 19.8 Å². The maximum atomic E-state index is 11.2. The van der Waals surface area contributed by atoms with E-state index in [1.807, 2.05) is 19.2 Å². The molecular weight excluding hydrogens is 242 g/mol. The van der Waals surface area contributed by atoms with E-state index < -0.39 is 0 Å². The van der Waals surface area contributed by atoms with Gasteiger partial charge in [-0.3, -0.25) is 9.79 Å². The average molecular weight is 259 g/mol. The molecule has 0 bridgehead atoms. The number of aliphatic imine (C=N–C) groups is 1. The zero-order valence-corrected chi connectivity index (χ0v) is 11.4. The van der Waals surface area contributed by atoms with Crippen LogP contribution >= 0.6 is 0 Å². The van der Waals surface area contributed by atoms with Crippen LogP contribution in [0.3, 0.4) is 0 Å². The zero-order chi connectivity index (χ0) is 13.8. The first-order valence-corrected chi connectivity index (χ1v) is 6.15. The first-order valence-electron chi connectivity index (χ1n) is 6.15. The van der Waals surface area contributed by atoms with Gasteiger partial charge in [0.15, 0.2) is 6.29 Å².